The van der Waals surface area contributed by atoms with E-state index in [-0.39, 0.29) is 0 Å². The molecule has 1 aliphatic carbocycles. The van der Waals surface area contributed by atoms with E-state index in [4.69, 9.17) is 4.74 Å². The molecule has 0 radical (unpaired) electrons. The molecule has 0 heterocycles. The molecule has 3 nitrogen and oxygen atoms in total. The zero-order chi connectivity index (χ0) is 15.9. The smallest absolute Gasteiger partial charge is 0.122 e. The highest BCUT2D eigenvalue weighted by molar-refractivity contribution is 5.35. The first kappa shape index (κ1) is 17.3. The Labute approximate surface area is 135 Å². The van der Waals surface area contributed by atoms with E-state index in [1.807, 2.05) is 18.2 Å². The molecule has 0 saturated heterocycles. The van der Waals surface area contributed by atoms with Gasteiger partial charge in [0, 0.05) is 12.6 Å². The van der Waals surface area contributed by atoms with Crippen molar-refractivity contribution < 1.29 is 9.84 Å². The molecule has 0 unspecified atom stereocenters. The average molecular weight is 305 g/mol. The first-order valence-corrected chi connectivity index (χ1v) is 8.71. The number of aliphatic hydroxyl groups is 1. The van der Waals surface area contributed by atoms with E-state index in [9.17, 15) is 5.11 Å². The summed E-state index contributed by atoms with van der Waals surface area (Å²) in [6.07, 6.45) is 4.71. The number of para-hydroxylation sites is 1. The van der Waals surface area contributed by atoms with Crippen LogP contribution in [0.5, 0.6) is 5.75 Å². The minimum Gasteiger partial charge on any atom is -0.491 e. The largest absolute Gasteiger partial charge is 0.491 e. The fourth-order valence-corrected chi connectivity index (χ4v) is 3.24. The second kappa shape index (κ2) is 8.54. The Hall–Kier alpha value is -1.06. The number of nitrogens with one attached hydrogen (secondary N) is 1. The summed E-state index contributed by atoms with van der Waals surface area (Å²) >= 11 is 0. The van der Waals surface area contributed by atoms with Gasteiger partial charge in [0.15, 0.2) is 0 Å². The van der Waals surface area contributed by atoms with E-state index < -0.39 is 6.10 Å². The molecule has 2 N–H and O–H groups in total. The van der Waals surface area contributed by atoms with Gasteiger partial charge in [-0.3, -0.25) is 0 Å². The standard InChI is InChI=1S/C19H31NO2/c1-14(2)17-9-5-7-11-19(17)22-13-16(21)12-20-18-10-6-4-8-15(18)3/h5,7,9,11,14-16,18,20-21H,4,6,8,10,12-13H2,1-3H3/t15-,16-,18+/m1/s1. The molecule has 1 saturated carbocycles. The summed E-state index contributed by atoms with van der Waals surface area (Å²) in [4.78, 5) is 0. The van der Waals surface area contributed by atoms with Crippen molar-refractivity contribution in [2.75, 3.05) is 13.2 Å². The number of aliphatic hydroxyl groups excluding tert-OH is 1. The molecule has 1 aromatic carbocycles. The van der Waals surface area contributed by atoms with Gasteiger partial charge in [-0.2, -0.15) is 0 Å². The number of rotatable bonds is 7. The molecule has 0 aromatic heterocycles. The maximum atomic E-state index is 10.2. The summed E-state index contributed by atoms with van der Waals surface area (Å²) in [5, 5.41) is 13.7. The Kier molecular flexibility index (Phi) is 6.71. The van der Waals surface area contributed by atoms with Crippen LogP contribution in [0.3, 0.4) is 0 Å². The number of benzene rings is 1. The van der Waals surface area contributed by atoms with Gasteiger partial charge in [-0.05, 0) is 36.3 Å². The number of hydrogen-bond donors (Lipinski definition) is 2. The van der Waals surface area contributed by atoms with Crippen LogP contribution in [0, 0.1) is 5.92 Å². The molecule has 2 rings (SSSR count). The Balaban J connectivity index is 1.77. The van der Waals surface area contributed by atoms with Crippen molar-refractivity contribution in [3.63, 3.8) is 0 Å². The van der Waals surface area contributed by atoms with E-state index in [1.54, 1.807) is 0 Å². The predicted molar refractivity (Wildman–Crippen MR) is 91.5 cm³/mol. The molecular formula is C19H31NO2. The normalized spacial score (nSPS) is 23.5. The molecule has 124 valence electrons. The van der Waals surface area contributed by atoms with Crippen LogP contribution in [0.25, 0.3) is 0 Å². The summed E-state index contributed by atoms with van der Waals surface area (Å²) in [5.41, 5.74) is 1.20. The van der Waals surface area contributed by atoms with Crippen LogP contribution in [0.1, 0.15) is 57.9 Å². The minimum atomic E-state index is -0.464. The zero-order valence-corrected chi connectivity index (χ0v) is 14.2. The highest BCUT2D eigenvalue weighted by Gasteiger charge is 2.21. The van der Waals surface area contributed by atoms with Crippen LogP contribution in [0.4, 0.5) is 0 Å². The molecule has 0 aliphatic heterocycles. The van der Waals surface area contributed by atoms with Crippen LogP contribution < -0.4 is 10.1 Å². The monoisotopic (exact) mass is 305 g/mol. The topological polar surface area (TPSA) is 41.5 Å². The average Bonchev–Trinajstić information content (AvgIpc) is 2.52. The van der Waals surface area contributed by atoms with Crippen LogP contribution in [0.15, 0.2) is 24.3 Å². The van der Waals surface area contributed by atoms with Gasteiger partial charge >= 0.3 is 0 Å². The van der Waals surface area contributed by atoms with E-state index in [1.165, 1.54) is 31.2 Å². The fraction of sp³-hybridized carbons (Fsp3) is 0.684. The number of hydrogen-bond acceptors (Lipinski definition) is 3. The summed E-state index contributed by atoms with van der Waals surface area (Å²) in [7, 11) is 0. The molecular weight excluding hydrogens is 274 g/mol. The molecule has 3 atom stereocenters. The fourth-order valence-electron chi connectivity index (χ4n) is 3.24. The Morgan fingerprint density at radius 2 is 1.95 bits per heavy atom. The first-order valence-electron chi connectivity index (χ1n) is 8.71. The summed E-state index contributed by atoms with van der Waals surface area (Å²) < 4.78 is 5.84. The lowest BCUT2D eigenvalue weighted by Gasteiger charge is -2.30. The van der Waals surface area contributed by atoms with E-state index >= 15 is 0 Å². The molecule has 1 aromatic rings. The Morgan fingerprint density at radius 1 is 1.23 bits per heavy atom. The van der Waals surface area contributed by atoms with Gasteiger partial charge in [0.25, 0.3) is 0 Å². The highest BCUT2D eigenvalue weighted by Crippen LogP contribution is 2.26. The lowest BCUT2D eigenvalue weighted by molar-refractivity contribution is 0.0979. The number of ether oxygens (including phenoxy) is 1. The van der Waals surface area contributed by atoms with Gasteiger partial charge < -0.3 is 15.2 Å². The van der Waals surface area contributed by atoms with Crippen LogP contribution in [-0.2, 0) is 0 Å². The summed E-state index contributed by atoms with van der Waals surface area (Å²) in [6, 6.07) is 8.64. The van der Waals surface area contributed by atoms with Gasteiger partial charge in [-0.15, -0.1) is 0 Å². The van der Waals surface area contributed by atoms with E-state index in [0.29, 0.717) is 31.0 Å². The van der Waals surface area contributed by atoms with Crippen LogP contribution >= 0.6 is 0 Å². The van der Waals surface area contributed by atoms with E-state index in [2.05, 4.69) is 32.2 Å². The lowest BCUT2D eigenvalue weighted by Crippen LogP contribution is -2.42. The first-order chi connectivity index (χ1) is 10.6. The molecule has 1 fully saturated rings. The van der Waals surface area contributed by atoms with Crippen molar-refractivity contribution in [3.8, 4) is 5.75 Å². The summed E-state index contributed by atoms with van der Waals surface area (Å²) in [5.74, 6) is 2.03. The third kappa shape index (κ3) is 4.99. The third-order valence-corrected chi connectivity index (χ3v) is 4.70. The van der Waals surface area contributed by atoms with Gasteiger partial charge in [-0.25, -0.2) is 0 Å². The molecule has 22 heavy (non-hydrogen) atoms. The maximum Gasteiger partial charge on any atom is 0.122 e. The van der Waals surface area contributed by atoms with Crippen molar-refractivity contribution in [2.45, 2.75) is 64.5 Å². The molecule has 1 aliphatic rings. The Bertz CT molecular complexity index is 447. The second-order valence-corrected chi connectivity index (χ2v) is 6.93. The van der Waals surface area contributed by atoms with E-state index in [0.717, 1.165) is 5.75 Å². The summed E-state index contributed by atoms with van der Waals surface area (Å²) in [6.45, 7) is 7.57. The second-order valence-electron chi connectivity index (χ2n) is 6.93. The van der Waals surface area contributed by atoms with Gasteiger partial charge in [0.2, 0.25) is 0 Å². The molecule has 0 amide bonds. The zero-order valence-electron chi connectivity index (χ0n) is 14.2. The quantitative estimate of drug-likeness (QED) is 0.807. The SMILES string of the molecule is CC(C)c1ccccc1OC[C@H](O)CN[C@H]1CCCC[C@H]1C. The van der Waals surface area contributed by atoms with Crippen molar-refractivity contribution in [1.29, 1.82) is 0 Å². The third-order valence-electron chi connectivity index (χ3n) is 4.70. The molecule has 3 heteroatoms. The minimum absolute atomic E-state index is 0.345. The lowest BCUT2D eigenvalue weighted by atomic mass is 9.86. The van der Waals surface area contributed by atoms with Crippen molar-refractivity contribution in [1.82, 2.24) is 5.32 Å². The van der Waals surface area contributed by atoms with Gasteiger partial charge in [0.05, 0.1) is 0 Å². The molecule has 0 bridgehead atoms. The van der Waals surface area contributed by atoms with Crippen molar-refractivity contribution >= 4 is 0 Å². The van der Waals surface area contributed by atoms with Crippen molar-refractivity contribution in [3.05, 3.63) is 29.8 Å². The van der Waals surface area contributed by atoms with Crippen LogP contribution in [-0.4, -0.2) is 30.4 Å². The van der Waals surface area contributed by atoms with Gasteiger partial charge in [-0.1, -0.05) is 51.8 Å². The molecule has 0 spiro atoms. The predicted octanol–water partition coefficient (Wildman–Crippen LogP) is 3.72. The van der Waals surface area contributed by atoms with Gasteiger partial charge in [0.1, 0.15) is 18.5 Å². The Morgan fingerprint density at radius 3 is 2.68 bits per heavy atom. The van der Waals surface area contributed by atoms with Crippen LogP contribution in [0.2, 0.25) is 0 Å². The van der Waals surface area contributed by atoms with Crippen molar-refractivity contribution in [2.24, 2.45) is 5.92 Å². The highest BCUT2D eigenvalue weighted by atomic mass is 16.5. The maximum absolute atomic E-state index is 10.2.